The Hall–Kier alpha value is -1.95. The number of rotatable bonds is 1. The number of aliphatic hydroxyl groups is 1. The highest BCUT2D eigenvalue weighted by atomic mass is 16.6. The third kappa shape index (κ3) is 1.26. The van der Waals surface area contributed by atoms with Gasteiger partial charge in [0.25, 0.3) is 11.6 Å². The first-order chi connectivity index (χ1) is 6.93. The number of nitrogens with one attached hydrogen (secondary N) is 1. The van der Waals surface area contributed by atoms with Crippen LogP contribution in [0.3, 0.4) is 0 Å². The molecule has 0 saturated carbocycles. The summed E-state index contributed by atoms with van der Waals surface area (Å²) in [6, 6.07) is 3.89. The zero-order valence-corrected chi connectivity index (χ0v) is 7.85. The lowest BCUT2D eigenvalue weighted by atomic mass is 9.97. The smallest absolute Gasteiger partial charge is 0.269 e. The zero-order chi connectivity index (χ0) is 11.2. The Balaban J connectivity index is 2.59. The summed E-state index contributed by atoms with van der Waals surface area (Å²) in [5.74, 6) is -0.571. The van der Waals surface area contributed by atoms with Crippen LogP contribution in [0.15, 0.2) is 18.2 Å². The lowest BCUT2D eigenvalue weighted by Crippen LogP contribution is -2.30. The van der Waals surface area contributed by atoms with Crippen molar-refractivity contribution in [2.24, 2.45) is 0 Å². The van der Waals surface area contributed by atoms with Gasteiger partial charge in [0, 0.05) is 23.4 Å². The lowest BCUT2D eigenvalue weighted by Gasteiger charge is -2.12. The number of nitro groups is 1. The van der Waals surface area contributed by atoms with Crippen molar-refractivity contribution in [1.82, 2.24) is 0 Å². The van der Waals surface area contributed by atoms with Gasteiger partial charge in [0.05, 0.1) is 4.92 Å². The third-order valence-electron chi connectivity index (χ3n) is 2.43. The van der Waals surface area contributed by atoms with Crippen molar-refractivity contribution in [2.75, 3.05) is 5.32 Å². The molecule has 1 atom stereocenters. The summed E-state index contributed by atoms with van der Waals surface area (Å²) in [5.41, 5.74) is -1.19. The number of benzene rings is 1. The molecular weight excluding hydrogens is 200 g/mol. The van der Waals surface area contributed by atoms with Crippen molar-refractivity contribution in [2.45, 2.75) is 12.5 Å². The maximum absolute atomic E-state index is 11.3. The highest BCUT2D eigenvalue weighted by molar-refractivity contribution is 6.04. The summed E-state index contributed by atoms with van der Waals surface area (Å²) in [6.45, 7) is 1.30. The Bertz CT molecular complexity index is 467. The minimum Gasteiger partial charge on any atom is -0.375 e. The number of nitrogens with zero attached hydrogens (tertiary/aromatic N) is 1. The van der Waals surface area contributed by atoms with Crippen LogP contribution in [0, 0.1) is 10.1 Å². The molecule has 0 saturated heterocycles. The van der Waals surface area contributed by atoms with Gasteiger partial charge in [0.1, 0.15) is 0 Å². The summed E-state index contributed by atoms with van der Waals surface area (Å²) >= 11 is 0. The molecule has 0 aliphatic carbocycles. The van der Waals surface area contributed by atoms with Gasteiger partial charge < -0.3 is 10.4 Å². The number of hydrogen-bond donors (Lipinski definition) is 2. The second-order valence-electron chi connectivity index (χ2n) is 3.51. The van der Waals surface area contributed by atoms with Crippen LogP contribution in [-0.4, -0.2) is 15.9 Å². The van der Waals surface area contributed by atoms with Crippen LogP contribution in [-0.2, 0) is 10.4 Å². The Morgan fingerprint density at radius 1 is 1.53 bits per heavy atom. The van der Waals surface area contributed by atoms with E-state index in [1.807, 2.05) is 0 Å². The summed E-state index contributed by atoms with van der Waals surface area (Å²) < 4.78 is 0. The highest BCUT2D eigenvalue weighted by Gasteiger charge is 2.41. The number of fused-ring (bicyclic) bond motifs is 1. The van der Waals surface area contributed by atoms with Crippen LogP contribution in [0.4, 0.5) is 11.4 Å². The summed E-state index contributed by atoms with van der Waals surface area (Å²) in [6.07, 6.45) is 0. The Morgan fingerprint density at radius 2 is 2.20 bits per heavy atom. The Kier molecular flexibility index (Phi) is 1.77. The molecule has 6 heteroatoms. The van der Waals surface area contributed by atoms with E-state index in [4.69, 9.17) is 0 Å². The second kappa shape index (κ2) is 2.77. The first-order valence-corrected chi connectivity index (χ1v) is 4.25. The number of carbonyl (C=O) groups is 1. The number of carbonyl (C=O) groups excluding carboxylic acids is 1. The topological polar surface area (TPSA) is 92.5 Å². The van der Waals surface area contributed by atoms with Crippen molar-refractivity contribution >= 4 is 17.3 Å². The third-order valence-corrected chi connectivity index (χ3v) is 2.43. The minimum absolute atomic E-state index is 0.148. The van der Waals surface area contributed by atoms with Gasteiger partial charge in [0.15, 0.2) is 5.60 Å². The van der Waals surface area contributed by atoms with Crippen LogP contribution in [0.1, 0.15) is 12.5 Å². The SMILES string of the molecule is CC1(O)C(=O)Nc2ccc([N+](=O)[O-])cc21. The molecule has 1 heterocycles. The maximum Gasteiger partial charge on any atom is 0.269 e. The summed E-state index contributed by atoms with van der Waals surface area (Å²) in [5, 5.41) is 22.7. The molecule has 0 bridgehead atoms. The summed E-state index contributed by atoms with van der Waals surface area (Å²) in [4.78, 5) is 21.2. The Labute approximate surface area is 84.7 Å². The number of anilines is 1. The quantitative estimate of drug-likeness (QED) is 0.526. The van der Waals surface area contributed by atoms with E-state index >= 15 is 0 Å². The average Bonchev–Trinajstić information content (AvgIpc) is 2.38. The molecule has 2 rings (SSSR count). The van der Waals surface area contributed by atoms with Crippen molar-refractivity contribution in [3.63, 3.8) is 0 Å². The summed E-state index contributed by atoms with van der Waals surface area (Å²) in [7, 11) is 0. The second-order valence-corrected chi connectivity index (χ2v) is 3.51. The molecular formula is C9H8N2O4. The molecule has 0 aromatic heterocycles. The monoisotopic (exact) mass is 208 g/mol. The standard InChI is InChI=1S/C9H8N2O4/c1-9(13)6-4-5(11(14)15)2-3-7(6)10-8(9)12/h2-4,13H,1H3,(H,10,12). The van der Waals surface area contributed by atoms with E-state index in [-0.39, 0.29) is 11.3 Å². The number of nitro benzene ring substituents is 1. The van der Waals surface area contributed by atoms with Crippen molar-refractivity contribution in [3.8, 4) is 0 Å². The van der Waals surface area contributed by atoms with Crippen molar-refractivity contribution in [3.05, 3.63) is 33.9 Å². The van der Waals surface area contributed by atoms with E-state index in [0.29, 0.717) is 5.69 Å². The van der Waals surface area contributed by atoms with Crippen molar-refractivity contribution in [1.29, 1.82) is 0 Å². The molecule has 0 radical (unpaired) electrons. The van der Waals surface area contributed by atoms with Crippen LogP contribution in [0.25, 0.3) is 0 Å². The molecule has 0 fully saturated rings. The van der Waals surface area contributed by atoms with Gasteiger partial charge in [-0.15, -0.1) is 0 Å². The molecule has 2 N–H and O–H groups in total. The number of non-ortho nitro benzene ring substituents is 1. The number of amides is 1. The van der Waals surface area contributed by atoms with Gasteiger partial charge in [-0.25, -0.2) is 0 Å². The van der Waals surface area contributed by atoms with Crippen LogP contribution < -0.4 is 5.32 Å². The highest BCUT2D eigenvalue weighted by Crippen LogP contribution is 2.37. The molecule has 6 nitrogen and oxygen atoms in total. The predicted octanol–water partition coefficient (Wildman–Crippen LogP) is 0.754. The van der Waals surface area contributed by atoms with E-state index in [2.05, 4.69) is 5.32 Å². The molecule has 1 aromatic rings. The predicted molar refractivity (Wildman–Crippen MR) is 51.3 cm³/mol. The Morgan fingerprint density at radius 3 is 2.80 bits per heavy atom. The van der Waals surface area contributed by atoms with Crippen LogP contribution in [0.2, 0.25) is 0 Å². The first kappa shape index (κ1) is 9.60. The van der Waals surface area contributed by atoms with Gasteiger partial charge in [-0.1, -0.05) is 0 Å². The molecule has 1 amide bonds. The fourth-order valence-corrected chi connectivity index (χ4v) is 1.52. The molecule has 1 aliphatic heterocycles. The fraction of sp³-hybridized carbons (Fsp3) is 0.222. The first-order valence-electron chi connectivity index (χ1n) is 4.25. The van der Waals surface area contributed by atoms with E-state index in [1.54, 1.807) is 0 Å². The van der Waals surface area contributed by atoms with Crippen LogP contribution in [0.5, 0.6) is 0 Å². The van der Waals surface area contributed by atoms with Crippen LogP contribution >= 0.6 is 0 Å². The van der Waals surface area contributed by atoms with E-state index < -0.39 is 16.4 Å². The maximum atomic E-state index is 11.3. The van der Waals surface area contributed by atoms with Gasteiger partial charge in [0.2, 0.25) is 0 Å². The van der Waals surface area contributed by atoms with E-state index in [9.17, 15) is 20.0 Å². The number of hydrogen-bond acceptors (Lipinski definition) is 4. The largest absolute Gasteiger partial charge is 0.375 e. The average molecular weight is 208 g/mol. The molecule has 15 heavy (non-hydrogen) atoms. The minimum atomic E-state index is -1.69. The fourth-order valence-electron chi connectivity index (χ4n) is 1.52. The van der Waals surface area contributed by atoms with Gasteiger partial charge in [-0.05, 0) is 13.0 Å². The molecule has 1 aromatic carbocycles. The molecule has 0 spiro atoms. The molecule has 78 valence electrons. The zero-order valence-electron chi connectivity index (χ0n) is 7.85. The molecule has 1 aliphatic rings. The van der Waals surface area contributed by atoms with E-state index in [1.165, 1.54) is 25.1 Å². The van der Waals surface area contributed by atoms with Gasteiger partial charge in [-0.2, -0.15) is 0 Å². The van der Waals surface area contributed by atoms with Gasteiger partial charge in [-0.3, -0.25) is 14.9 Å². The lowest BCUT2D eigenvalue weighted by molar-refractivity contribution is -0.385. The van der Waals surface area contributed by atoms with Crippen molar-refractivity contribution < 1.29 is 14.8 Å². The normalized spacial score (nSPS) is 23.5. The molecule has 1 unspecified atom stereocenters. The van der Waals surface area contributed by atoms with E-state index in [0.717, 1.165) is 0 Å². The van der Waals surface area contributed by atoms with Gasteiger partial charge >= 0.3 is 0 Å².